The molecule has 9 nitrogen and oxygen atoms in total. The molecule has 1 aromatic rings. The van der Waals surface area contributed by atoms with E-state index in [1.807, 2.05) is 25.5 Å². The topological polar surface area (TPSA) is 96.7 Å². The van der Waals surface area contributed by atoms with Crippen LogP contribution in [-0.2, 0) is 18.3 Å². The Labute approximate surface area is 165 Å². The van der Waals surface area contributed by atoms with Crippen LogP contribution in [0.15, 0.2) is 11.3 Å². The standard InChI is InChI=1S/C15H27N7O2.HI/c1-4-16-14(17-10-13-20-18-11-21(13)3)19-12-6-8-22(9-7-12)15(23)24-5-2;/h11-12H,4-10H2,1-3H3,(H2,16,17,19);1H. The van der Waals surface area contributed by atoms with Gasteiger partial charge in [0.25, 0.3) is 0 Å². The summed E-state index contributed by atoms with van der Waals surface area (Å²) in [5.41, 5.74) is 0. The molecule has 1 aliphatic heterocycles. The van der Waals surface area contributed by atoms with Crippen molar-refractivity contribution in [2.45, 2.75) is 39.3 Å². The molecule has 1 saturated heterocycles. The lowest BCUT2D eigenvalue weighted by Gasteiger charge is -2.32. The van der Waals surface area contributed by atoms with Crippen molar-refractivity contribution in [2.24, 2.45) is 12.0 Å². The van der Waals surface area contributed by atoms with Gasteiger partial charge in [-0.2, -0.15) is 0 Å². The highest BCUT2D eigenvalue weighted by Gasteiger charge is 2.24. The van der Waals surface area contributed by atoms with E-state index in [0.717, 1.165) is 31.2 Å². The molecule has 1 aliphatic rings. The molecule has 1 fully saturated rings. The first kappa shape index (κ1) is 21.5. The number of nitrogens with one attached hydrogen (secondary N) is 2. The monoisotopic (exact) mass is 465 g/mol. The lowest BCUT2D eigenvalue weighted by molar-refractivity contribution is 0.0963. The maximum absolute atomic E-state index is 11.7. The average molecular weight is 465 g/mol. The number of aromatic nitrogens is 3. The van der Waals surface area contributed by atoms with Gasteiger partial charge in [0.2, 0.25) is 0 Å². The molecule has 0 aromatic carbocycles. The van der Waals surface area contributed by atoms with E-state index < -0.39 is 0 Å². The molecule has 2 heterocycles. The van der Waals surface area contributed by atoms with Gasteiger partial charge in [-0.3, -0.25) is 0 Å². The summed E-state index contributed by atoms with van der Waals surface area (Å²) in [6.45, 7) is 6.90. The number of aryl methyl sites for hydroxylation is 1. The van der Waals surface area contributed by atoms with E-state index in [1.165, 1.54) is 0 Å². The molecule has 0 unspecified atom stereocenters. The molecule has 10 heteroatoms. The minimum absolute atomic E-state index is 0. The van der Waals surface area contributed by atoms with Gasteiger partial charge < -0.3 is 24.8 Å². The number of amides is 1. The highest BCUT2D eigenvalue weighted by Crippen LogP contribution is 2.11. The molecule has 1 amide bonds. The predicted octanol–water partition coefficient (Wildman–Crippen LogP) is 1.11. The fraction of sp³-hybridized carbons (Fsp3) is 0.733. The van der Waals surface area contributed by atoms with Crippen molar-refractivity contribution in [3.63, 3.8) is 0 Å². The summed E-state index contributed by atoms with van der Waals surface area (Å²) in [7, 11) is 1.90. The van der Waals surface area contributed by atoms with E-state index in [-0.39, 0.29) is 36.1 Å². The zero-order valence-corrected chi connectivity index (χ0v) is 17.4. The van der Waals surface area contributed by atoms with Crippen LogP contribution in [0.3, 0.4) is 0 Å². The Morgan fingerprint density at radius 2 is 2.12 bits per heavy atom. The summed E-state index contributed by atoms with van der Waals surface area (Å²) in [5, 5.41) is 14.6. The third-order valence-electron chi connectivity index (χ3n) is 3.89. The summed E-state index contributed by atoms with van der Waals surface area (Å²) in [5.74, 6) is 1.57. The quantitative estimate of drug-likeness (QED) is 0.384. The molecule has 2 rings (SSSR count). The van der Waals surface area contributed by atoms with Gasteiger partial charge in [0.1, 0.15) is 12.9 Å². The molecule has 142 valence electrons. The van der Waals surface area contributed by atoms with Crippen molar-refractivity contribution in [3.05, 3.63) is 12.2 Å². The second-order valence-corrected chi connectivity index (χ2v) is 5.66. The number of aliphatic imine (C=N–C) groups is 1. The van der Waals surface area contributed by atoms with E-state index >= 15 is 0 Å². The van der Waals surface area contributed by atoms with Crippen molar-refractivity contribution >= 4 is 36.0 Å². The number of ether oxygens (including phenoxy) is 1. The van der Waals surface area contributed by atoms with Gasteiger partial charge in [0.05, 0.1) is 6.61 Å². The lowest BCUT2D eigenvalue weighted by atomic mass is 10.1. The van der Waals surface area contributed by atoms with Crippen molar-refractivity contribution in [2.75, 3.05) is 26.2 Å². The van der Waals surface area contributed by atoms with Crippen LogP contribution >= 0.6 is 24.0 Å². The number of guanidine groups is 1. The van der Waals surface area contributed by atoms with Crippen LogP contribution in [0, 0.1) is 0 Å². The summed E-state index contributed by atoms with van der Waals surface area (Å²) >= 11 is 0. The van der Waals surface area contributed by atoms with E-state index in [0.29, 0.717) is 26.2 Å². The van der Waals surface area contributed by atoms with E-state index in [2.05, 4.69) is 25.8 Å². The largest absolute Gasteiger partial charge is 0.450 e. The summed E-state index contributed by atoms with van der Waals surface area (Å²) in [6, 6.07) is 0.285. The second-order valence-electron chi connectivity index (χ2n) is 5.66. The number of carbonyl (C=O) groups is 1. The number of halogens is 1. The van der Waals surface area contributed by atoms with E-state index in [1.54, 1.807) is 11.2 Å². The fourth-order valence-electron chi connectivity index (χ4n) is 2.53. The fourth-order valence-corrected chi connectivity index (χ4v) is 2.53. The van der Waals surface area contributed by atoms with Crippen molar-refractivity contribution in [1.82, 2.24) is 30.3 Å². The highest BCUT2D eigenvalue weighted by molar-refractivity contribution is 14.0. The van der Waals surface area contributed by atoms with Crippen LogP contribution in [0.2, 0.25) is 0 Å². The average Bonchev–Trinajstić information content (AvgIpc) is 2.99. The number of piperidine rings is 1. The molecule has 25 heavy (non-hydrogen) atoms. The number of hydrogen-bond acceptors (Lipinski definition) is 5. The molecular formula is C15H28IN7O2. The Morgan fingerprint density at radius 3 is 2.68 bits per heavy atom. The minimum atomic E-state index is -0.223. The number of nitrogens with zero attached hydrogens (tertiary/aromatic N) is 5. The molecule has 0 bridgehead atoms. The van der Waals surface area contributed by atoms with Crippen LogP contribution in [0.1, 0.15) is 32.5 Å². The van der Waals surface area contributed by atoms with Gasteiger partial charge in [0, 0.05) is 32.7 Å². The smallest absolute Gasteiger partial charge is 0.409 e. The van der Waals surface area contributed by atoms with Gasteiger partial charge in [-0.25, -0.2) is 9.79 Å². The minimum Gasteiger partial charge on any atom is -0.450 e. The Kier molecular flexibility index (Phi) is 9.53. The number of likely N-dealkylation sites (tertiary alicyclic amines) is 1. The number of carbonyl (C=O) groups excluding carboxylic acids is 1. The zero-order valence-electron chi connectivity index (χ0n) is 15.1. The van der Waals surface area contributed by atoms with Crippen molar-refractivity contribution in [1.29, 1.82) is 0 Å². The molecule has 1 aromatic heterocycles. The third-order valence-corrected chi connectivity index (χ3v) is 3.89. The van der Waals surface area contributed by atoms with Crippen molar-refractivity contribution in [3.8, 4) is 0 Å². The molecule has 0 aliphatic carbocycles. The van der Waals surface area contributed by atoms with Gasteiger partial charge in [-0.15, -0.1) is 34.2 Å². The molecule has 2 N–H and O–H groups in total. The molecule has 0 radical (unpaired) electrons. The lowest BCUT2D eigenvalue weighted by Crippen LogP contribution is -2.49. The molecular weight excluding hydrogens is 437 g/mol. The predicted molar refractivity (Wildman–Crippen MR) is 106 cm³/mol. The van der Waals surface area contributed by atoms with E-state index in [4.69, 9.17) is 4.74 Å². The first-order valence-electron chi connectivity index (χ1n) is 8.43. The number of hydrogen-bond donors (Lipinski definition) is 2. The Bertz CT molecular complexity index is 556. The second kappa shape index (κ2) is 11.1. The first-order valence-corrected chi connectivity index (χ1v) is 8.43. The van der Waals surface area contributed by atoms with Gasteiger partial charge >= 0.3 is 6.09 Å². The molecule has 0 atom stereocenters. The summed E-state index contributed by atoms with van der Waals surface area (Å²) in [6.07, 6.45) is 3.18. The Hall–Kier alpha value is -1.59. The summed E-state index contributed by atoms with van der Waals surface area (Å²) < 4.78 is 6.89. The van der Waals surface area contributed by atoms with Crippen LogP contribution in [0.4, 0.5) is 4.79 Å². The Morgan fingerprint density at radius 1 is 1.40 bits per heavy atom. The Balaban J connectivity index is 0.00000312. The highest BCUT2D eigenvalue weighted by atomic mass is 127. The van der Waals surface area contributed by atoms with Crippen LogP contribution < -0.4 is 10.6 Å². The van der Waals surface area contributed by atoms with Gasteiger partial charge in [0.15, 0.2) is 11.8 Å². The normalized spacial score (nSPS) is 15.5. The third kappa shape index (κ3) is 6.67. The first-order chi connectivity index (χ1) is 11.6. The number of rotatable bonds is 5. The maximum atomic E-state index is 11.7. The zero-order chi connectivity index (χ0) is 17.4. The maximum Gasteiger partial charge on any atom is 0.409 e. The van der Waals surface area contributed by atoms with Crippen LogP contribution in [0.25, 0.3) is 0 Å². The SMILES string of the molecule is CCNC(=NCc1nncn1C)NC1CCN(C(=O)OCC)CC1.I. The molecule has 0 saturated carbocycles. The molecule has 0 spiro atoms. The summed E-state index contributed by atoms with van der Waals surface area (Å²) in [4.78, 5) is 18.0. The van der Waals surface area contributed by atoms with Gasteiger partial charge in [-0.05, 0) is 26.7 Å². The van der Waals surface area contributed by atoms with Gasteiger partial charge in [-0.1, -0.05) is 0 Å². The van der Waals surface area contributed by atoms with Crippen LogP contribution in [-0.4, -0.2) is 64.0 Å². The van der Waals surface area contributed by atoms with E-state index in [9.17, 15) is 4.79 Å². The van der Waals surface area contributed by atoms with Crippen LogP contribution in [0.5, 0.6) is 0 Å². The van der Waals surface area contributed by atoms with Crippen molar-refractivity contribution < 1.29 is 9.53 Å².